The zero-order valence-electron chi connectivity index (χ0n) is 19.1. The molecule has 1 N–H and O–H groups in total. The Bertz CT molecular complexity index is 875. The number of likely N-dealkylation sites (N-methyl/N-ethyl adjacent to an activating group) is 1. The summed E-state index contributed by atoms with van der Waals surface area (Å²) in [5.74, 6) is 0.278. The van der Waals surface area contributed by atoms with Crippen molar-refractivity contribution >= 4 is 23.4 Å². The van der Waals surface area contributed by atoms with Gasteiger partial charge in [-0.15, -0.1) is 0 Å². The molecule has 0 aromatic heterocycles. The van der Waals surface area contributed by atoms with Gasteiger partial charge in [-0.2, -0.15) is 0 Å². The predicted molar refractivity (Wildman–Crippen MR) is 125 cm³/mol. The van der Waals surface area contributed by atoms with Gasteiger partial charge in [-0.3, -0.25) is 9.59 Å². The fourth-order valence-corrected chi connectivity index (χ4v) is 3.56. The molecule has 5 nitrogen and oxygen atoms in total. The summed E-state index contributed by atoms with van der Waals surface area (Å²) in [4.78, 5) is 27.5. The molecule has 0 bridgehead atoms. The number of carbonyl (C=O) groups excluding carboxylic acids is 2. The van der Waals surface area contributed by atoms with Gasteiger partial charge in [0.05, 0.1) is 0 Å². The largest absolute Gasteiger partial charge is 0.483 e. The SMILES string of the molecule is CCNC(=O)[C@@H](CC)N(Cc1ccc(Cl)cc1)C(=O)COc1ccccc1C(C)(C)C. The molecule has 2 aromatic carbocycles. The van der Waals surface area contributed by atoms with Gasteiger partial charge in [0.15, 0.2) is 6.61 Å². The molecule has 0 unspecified atom stereocenters. The summed E-state index contributed by atoms with van der Waals surface area (Å²) in [7, 11) is 0. The highest BCUT2D eigenvalue weighted by molar-refractivity contribution is 6.30. The molecule has 0 fully saturated rings. The Kier molecular flexibility index (Phi) is 8.93. The van der Waals surface area contributed by atoms with E-state index in [1.807, 2.05) is 50.2 Å². The second-order valence-corrected chi connectivity index (χ2v) is 8.94. The number of rotatable bonds is 9. The number of para-hydroxylation sites is 1. The van der Waals surface area contributed by atoms with Gasteiger partial charge >= 0.3 is 0 Å². The molecular weight excluding hydrogens is 412 g/mol. The summed E-state index contributed by atoms with van der Waals surface area (Å²) in [6.07, 6.45) is 0.504. The Morgan fingerprint density at radius 1 is 1.06 bits per heavy atom. The van der Waals surface area contributed by atoms with Crippen molar-refractivity contribution in [3.8, 4) is 5.75 Å². The molecule has 0 aliphatic rings. The Morgan fingerprint density at radius 3 is 2.29 bits per heavy atom. The molecule has 1 atom stereocenters. The molecule has 0 saturated heterocycles. The van der Waals surface area contributed by atoms with Crippen molar-refractivity contribution in [2.75, 3.05) is 13.2 Å². The van der Waals surface area contributed by atoms with Crippen molar-refractivity contribution in [3.63, 3.8) is 0 Å². The van der Waals surface area contributed by atoms with E-state index >= 15 is 0 Å². The van der Waals surface area contributed by atoms with E-state index in [0.29, 0.717) is 30.3 Å². The van der Waals surface area contributed by atoms with Crippen LogP contribution in [0.25, 0.3) is 0 Å². The first-order valence-corrected chi connectivity index (χ1v) is 11.1. The van der Waals surface area contributed by atoms with Gasteiger partial charge in [0.2, 0.25) is 5.91 Å². The third kappa shape index (κ3) is 7.00. The van der Waals surface area contributed by atoms with Crippen LogP contribution in [0, 0.1) is 0 Å². The number of nitrogens with one attached hydrogen (secondary N) is 1. The number of halogens is 1. The molecule has 0 aliphatic carbocycles. The second kappa shape index (κ2) is 11.2. The van der Waals surface area contributed by atoms with Gasteiger partial charge in [-0.1, -0.05) is 69.6 Å². The minimum Gasteiger partial charge on any atom is -0.483 e. The molecule has 6 heteroatoms. The highest BCUT2D eigenvalue weighted by Gasteiger charge is 2.29. The summed E-state index contributed by atoms with van der Waals surface area (Å²) >= 11 is 6.00. The normalized spacial score (nSPS) is 12.2. The highest BCUT2D eigenvalue weighted by Crippen LogP contribution is 2.31. The van der Waals surface area contributed by atoms with E-state index in [0.717, 1.165) is 11.1 Å². The van der Waals surface area contributed by atoms with E-state index in [1.54, 1.807) is 17.0 Å². The van der Waals surface area contributed by atoms with Gasteiger partial charge < -0.3 is 15.0 Å². The third-order valence-electron chi connectivity index (χ3n) is 5.05. The zero-order chi connectivity index (χ0) is 23.0. The topological polar surface area (TPSA) is 58.6 Å². The van der Waals surface area contributed by atoms with Crippen LogP contribution in [-0.4, -0.2) is 35.9 Å². The first-order valence-electron chi connectivity index (χ1n) is 10.7. The molecule has 0 heterocycles. The molecule has 31 heavy (non-hydrogen) atoms. The number of hydrogen-bond acceptors (Lipinski definition) is 3. The summed E-state index contributed by atoms with van der Waals surface area (Å²) < 4.78 is 5.95. The molecular formula is C25H33ClN2O3. The zero-order valence-corrected chi connectivity index (χ0v) is 19.8. The number of benzene rings is 2. The molecule has 2 rings (SSSR count). The van der Waals surface area contributed by atoms with Crippen LogP contribution in [-0.2, 0) is 21.5 Å². The number of nitrogens with zero attached hydrogens (tertiary/aromatic N) is 1. The van der Waals surface area contributed by atoms with Gasteiger partial charge in [0.25, 0.3) is 5.91 Å². The van der Waals surface area contributed by atoms with Crippen LogP contribution in [0.3, 0.4) is 0 Å². The molecule has 2 aromatic rings. The Balaban J connectivity index is 2.25. The van der Waals surface area contributed by atoms with E-state index in [9.17, 15) is 9.59 Å². The monoisotopic (exact) mass is 444 g/mol. The van der Waals surface area contributed by atoms with E-state index < -0.39 is 6.04 Å². The molecule has 0 aliphatic heterocycles. The van der Waals surface area contributed by atoms with E-state index in [4.69, 9.17) is 16.3 Å². The van der Waals surface area contributed by atoms with Crippen LogP contribution in [0.5, 0.6) is 5.75 Å². The van der Waals surface area contributed by atoms with Crippen molar-refractivity contribution in [1.82, 2.24) is 10.2 Å². The van der Waals surface area contributed by atoms with Crippen LogP contribution in [0.4, 0.5) is 0 Å². The third-order valence-corrected chi connectivity index (χ3v) is 5.30. The lowest BCUT2D eigenvalue weighted by Crippen LogP contribution is -2.50. The lowest BCUT2D eigenvalue weighted by molar-refractivity contribution is -0.142. The van der Waals surface area contributed by atoms with Crippen molar-refractivity contribution in [2.45, 2.75) is 59.0 Å². The average molecular weight is 445 g/mol. The number of amides is 2. The summed E-state index contributed by atoms with van der Waals surface area (Å²) in [6.45, 7) is 10.7. The van der Waals surface area contributed by atoms with Crippen LogP contribution in [0.2, 0.25) is 5.02 Å². The van der Waals surface area contributed by atoms with E-state index in [1.165, 1.54) is 0 Å². The van der Waals surface area contributed by atoms with E-state index in [2.05, 4.69) is 26.1 Å². The van der Waals surface area contributed by atoms with Crippen LogP contribution < -0.4 is 10.1 Å². The van der Waals surface area contributed by atoms with Gasteiger partial charge in [-0.25, -0.2) is 0 Å². The smallest absolute Gasteiger partial charge is 0.261 e. The van der Waals surface area contributed by atoms with Gasteiger partial charge in [0.1, 0.15) is 11.8 Å². The molecule has 2 amide bonds. The predicted octanol–water partition coefficient (Wildman–Crippen LogP) is 4.96. The fourth-order valence-electron chi connectivity index (χ4n) is 3.43. The fraction of sp³-hybridized carbons (Fsp3) is 0.440. The highest BCUT2D eigenvalue weighted by atomic mass is 35.5. The van der Waals surface area contributed by atoms with Crippen molar-refractivity contribution in [2.24, 2.45) is 0 Å². The van der Waals surface area contributed by atoms with Crippen molar-refractivity contribution in [1.29, 1.82) is 0 Å². The Morgan fingerprint density at radius 2 is 1.71 bits per heavy atom. The van der Waals surface area contributed by atoms with E-state index in [-0.39, 0.29) is 23.8 Å². The summed E-state index contributed by atoms with van der Waals surface area (Å²) in [5, 5.41) is 3.46. The molecule has 0 spiro atoms. The summed E-state index contributed by atoms with van der Waals surface area (Å²) in [6, 6.07) is 14.4. The number of hydrogen-bond donors (Lipinski definition) is 1. The Labute approximate surface area is 190 Å². The molecule has 0 radical (unpaired) electrons. The quantitative estimate of drug-likeness (QED) is 0.594. The van der Waals surface area contributed by atoms with Crippen molar-refractivity contribution < 1.29 is 14.3 Å². The maximum absolute atomic E-state index is 13.3. The molecule has 168 valence electrons. The average Bonchev–Trinajstić information content (AvgIpc) is 2.73. The lowest BCUT2D eigenvalue weighted by Gasteiger charge is -2.31. The minimum atomic E-state index is -0.579. The minimum absolute atomic E-state index is 0.115. The first kappa shape index (κ1) is 24.7. The van der Waals surface area contributed by atoms with Crippen LogP contribution >= 0.6 is 11.6 Å². The number of carbonyl (C=O) groups is 2. The van der Waals surface area contributed by atoms with Gasteiger partial charge in [-0.05, 0) is 48.1 Å². The maximum atomic E-state index is 13.3. The standard InChI is InChI=1S/C25H33ClN2O3/c1-6-21(24(30)27-7-2)28(16-18-12-14-19(26)15-13-18)23(29)17-31-22-11-9-8-10-20(22)25(3,4)5/h8-15,21H,6-7,16-17H2,1-5H3,(H,27,30)/t21-/m1/s1. The second-order valence-electron chi connectivity index (χ2n) is 8.50. The number of ether oxygens (including phenoxy) is 1. The first-order chi connectivity index (χ1) is 14.7. The Hall–Kier alpha value is -2.53. The summed E-state index contributed by atoms with van der Waals surface area (Å²) in [5.41, 5.74) is 1.81. The lowest BCUT2D eigenvalue weighted by atomic mass is 9.86. The maximum Gasteiger partial charge on any atom is 0.261 e. The van der Waals surface area contributed by atoms with Gasteiger partial charge in [0, 0.05) is 18.1 Å². The van der Waals surface area contributed by atoms with Crippen molar-refractivity contribution in [3.05, 3.63) is 64.7 Å². The van der Waals surface area contributed by atoms with Crippen LogP contribution in [0.15, 0.2) is 48.5 Å². The van der Waals surface area contributed by atoms with Crippen LogP contribution in [0.1, 0.15) is 52.2 Å². The molecule has 0 saturated carbocycles.